The van der Waals surface area contributed by atoms with Crippen molar-refractivity contribution in [1.82, 2.24) is 5.32 Å². The largest absolute Gasteiger partial charge is 0.329 e. The molecule has 20 heavy (non-hydrogen) atoms. The molecule has 0 saturated carbocycles. The maximum Gasteiger partial charge on any atom is 0.329 e. The van der Waals surface area contributed by atoms with Crippen molar-refractivity contribution in [2.24, 2.45) is 0 Å². The van der Waals surface area contributed by atoms with E-state index in [2.05, 4.69) is 5.32 Å². The molecule has 0 bridgehead atoms. The predicted molar refractivity (Wildman–Crippen MR) is 79.5 cm³/mol. The second-order valence-electron chi connectivity index (χ2n) is 4.21. The lowest BCUT2D eigenvalue weighted by Crippen LogP contribution is -2.30. The highest BCUT2D eigenvalue weighted by Crippen LogP contribution is 2.32. The van der Waals surface area contributed by atoms with Crippen molar-refractivity contribution >= 4 is 52.2 Å². The zero-order chi connectivity index (χ0) is 14.3. The lowest BCUT2D eigenvalue weighted by atomic mass is 10.1. The maximum atomic E-state index is 12.4. The Kier molecular flexibility index (Phi) is 3.41. The molecule has 2 heterocycles. The highest BCUT2D eigenvalue weighted by Gasteiger charge is 2.40. The number of halogens is 2. The first-order chi connectivity index (χ1) is 9.58. The molecule has 1 aromatic heterocycles. The SMILES string of the molecule is O=C1N[C@@H](c2ccsc2)C(=O)N1c1ccc(Cl)c(Cl)c1. The molecule has 2 aromatic rings. The number of nitrogens with one attached hydrogen (secondary N) is 1. The number of hydrogen-bond donors (Lipinski definition) is 1. The molecule has 3 rings (SSSR count). The lowest BCUT2D eigenvalue weighted by molar-refractivity contribution is -0.118. The Morgan fingerprint density at radius 3 is 2.60 bits per heavy atom. The smallest absolute Gasteiger partial charge is 0.321 e. The fraction of sp³-hybridized carbons (Fsp3) is 0.0769. The minimum atomic E-state index is -0.650. The van der Waals surface area contributed by atoms with E-state index < -0.39 is 12.1 Å². The van der Waals surface area contributed by atoms with Crippen LogP contribution < -0.4 is 10.2 Å². The summed E-state index contributed by atoms with van der Waals surface area (Å²) in [5, 5.41) is 7.02. The third-order valence-corrected chi connectivity index (χ3v) is 4.42. The van der Waals surface area contributed by atoms with Gasteiger partial charge in [0.15, 0.2) is 0 Å². The van der Waals surface area contributed by atoms with Crippen molar-refractivity contribution in [3.05, 3.63) is 50.6 Å². The van der Waals surface area contributed by atoms with Gasteiger partial charge in [0.1, 0.15) is 6.04 Å². The van der Waals surface area contributed by atoms with E-state index in [1.807, 2.05) is 16.8 Å². The number of rotatable bonds is 2. The van der Waals surface area contributed by atoms with E-state index in [9.17, 15) is 9.59 Å². The number of urea groups is 1. The standard InChI is InChI=1S/C13H8Cl2N2O2S/c14-9-2-1-8(5-10(9)15)17-12(18)11(16-13(17)19)7-3-4-20-6-7/h1-6,11H,(H,16,19)/t11-/m0/s1. The summed E-state index contributed by atoms with van der Waals surface area (Å²) in [4.78, 5) is 25.5. The average Bonchev–Trinajstić information content (AvgIpc) is 3.02. The van der Waals surface area contributed by atoms with E-state index in [1.165, 1.54) is 17.4 Å². The summed E-state index contributed by atoms with van der Waals surface area (Å²) in [6.45, 7) is 0. The van der Waals surface area contributed by atoms with Crippen LogP contribution in [-0.2, 0) is 4.79 Å². The number of benzene rings is 1. The van der Waals surface area contributed by atoms with Crippen LogP contribution in [0, 0.1) is 0 Å². The lowest BCUT2D eigenvalue weighted by Gasteiger charge is -2.13. The number of imide groups is 1. The van der Waals surface area contributed by atoms with Crippen LogP contribution in [0.3, 0.4) is 0 Å². The summed E-state index contributed by atoms with van der Waals surface area (Å²) >= 11 is 13.2. The van der Waals surface area contributed by atoms with Crippen LogP contribution in [0.4, 0.5) is 10.5 Å². The van der Waals surface area contributed by atoms with Crippen LogP contribution >= 0.6 is 34.5 Å². The molecule has 3 amide bonds. The number of thiophene rings is 1. The van der Waals surface area contributed by atoms with Gasteiger partial charge in [0.2, 0.25) is 0 Å². The molecule has 1 aliphatic rings. The van der Waals surface area contributed by atoms with Crippen LogP contribution in [0.5, 0.6) is 0 Å². The number of carbonyl (C=O) groups excluding carboxylic acids is 2. The predicted octanol–water partition coefficient (Wildman–Crippen LogP) is 3.85. The molecule has 0 spiro atoms. The summed E-state index contributed by atoms with van der Waals surface area (Å²) < 4.78 is 0. The maximum absolute atomic E-state index is 12.4. The molecule has 4 nitrogen and oxygen atoms in total. The molecule has 7 heteroatoms. The van der Waals surface area contributed by atoms with Gasteiger partial charge in [-0.3, -0.25) is 4.79 Å². The van der Waals surface area contributed by atoms with Gasteiger partial charge in [0.05, 0.1) is 15.7 Å². The van der Waals surface area contributed by atoms with Crippen molar-refractivity contribution in [3.63, 3.8) is 0 Å². The summed E-state index contributed by atoms with van der Waals surface area (Å²) in [6, 6.07) is 5.33. The molecule has 1 aliphatic heterocycles. The van der Waals surface area contributed by atoms with Crippen molar-refractivity contribution in [2.45, 2.75) is 6.04 Å². The van der Waals surface area contributed by atoms with Gasteiger partial charge in [-0.15, -0.1) is 0 Å². The molecule has 1 atom stereocenters. The zero-order valence-electron chi connectivity index (χ0n) is 9.97. The molecule has 1 fully saturated rings. The molecule has 102 valence electrons. The van der Waals surface area contributed by atoms with E-state index in [0.29, 0.717) is 15.7 Å². The van der Waals surface area contributed by atoms with Crippen LogP contribution in [-0.4, -0.2) is 11.9 Å². The molecule has 1 N–H and O–H groups in total. The number of carbonyl (C=O) groups is 2. The van der Waals surface area contributed by atoms with Gasteiger partial charge >= 0.3 is 6.03 Å². The first kappa shape index (κ1) is 13.4. The van der Waals surface area contributed by atoms with Gasteiger partial charge in [-0.05, 0) is 40.6 Å². The first-order valence-corrected chi connectivity index (χ1v) is 7.39. The van der Waals surface area contributed by atoms with Crippen LogP contribution in [0.1, 0.15) is 11.6 Å². The number of anilines is 1. The Labute approximate surface area is 128 Å². The monoisotopic (exact) mass is 326 g/mol. The Morgan fingerprint density at radius 2 is 1.95 bits per heavy atom. The highest BCUT2D eigenvalue weighted by atomic mass is 35.5. The molecule has 1 aromatic carbocycles. The van der Waals surface area contributed by atoms with Gasteiger partial charge in [-0.2, -0.15) is 11.3 Å². The number of hydrogen-bond acceptors (Lipinski definition) is 3. The van der Waals surface area contributed by atoms with E-state index in [0.717, 1.165) is 10.5 Å². The second-order valence-corrected chi connectivity index (χ2v) is 5.81. The molecule has 0 unspecified atom stereocenters. The van der Waals surface area contributed by atoms with Crippen LogP contribution in [0.2, 0.25) is 10.0 Å². The molecular weight excluding hydrogens is 319 g/mol. The third-order valence-electron chi connectivity index (χ3n) is 2.98. The van der Waals surface area contributed by atoms with Gasteiger partial charge in [0.25, 0.3) is 5.91 Å². The van der Waals surface area contributed by atoms with E-state index in [4.69, 9.17) is 23.2 Å². The highest BCUT2D eigenvalue weighted by molar-refractivity contribution is 7.08. The molecular formula is C13H8Cl2N2O2S. The minimum absolute atomic E-state index is 0.295. The van der Waals surface area contributed by atoms with Gasteiger partial charge in [-0.1, -0.05) is 23.2 Å². The minimum Gasteiger partial charge on any atom is -0.321 e. The molecule has 0 radical (unpaired) electrons. The summed E-state index contributed by atoms with van der Waals surface area (Å²) in [5.41, 5.74) is 1.18. The quantitative estimate of drug-likeness (QED) is 0.852. The van der Waals surface area contributed by atoms with Crippen molar-refractivity contribution in [2.75, 3.05) is 4.90 Å². The Bertz CT molecular complexity index is 688. The number of amides is 3. The third kappa shape index (κ3) is 2.18. The fourth-order valence-corrected chi connectivity index (χ4v) is 2.99. The zero-order valence-corrected chi connectivity index (χ0v) is 12.3. The fourth-order valence-electron chi connectivity index (χ4n) is 2.01. The normalized spacial score (nSPS) is 18.5. The van der Waals surface area contributed by atoms with Crippen molar-refractivity contribution in [3.8, 4) is 0 Å². The second kappa shape index (κ2) is 5.09. The van der Waals surface area contributed by atoms with Crippen molar-refractivity contribution < 1.29 is 9.59 Å². The van der Waals surface area contributed by atoms with Gasteiger partial charge in [-0.25, -0.2) is 9.69 Å². The summed E-state index contributed by atoms with van der Waals surface area (Å²) in [7, 11) is 0. The van der Waals surface area contributed by atoms with Crippen LogP contribution in [0.15, 0.2) is 35.0 Å². The Morgan fingerprint density at radius 1 is 1.15 bits per heavy atom. The van der Waals surface area contributed by atoms with E-state index >= 15 is 0 Å². The van der Waals surface area contributed by atoms with Crippen LogP contribution in [0.25, 0.3) is 0 Å². The van der Waals surface area contributed by atoms with Gasteiger partial charge < -0.3 is 5.32 Å². The van der Waals surface area contributed by atoms with Crippen molar-refractivity contribution in [1.29, 1.82) is 0 Å². The topological polar surface area (TPSA) is 49.4 Å². The Balaban J connectivity index is 1.96. The average molecular weight is 327 g/mol. The molecule has 1 saturated heterocycles. The van der Waals surface area contributed by atoms with E-state index in [1.54, 1.807) is 12.1 Å². The Hall–Kier alpha value is -1.56. The number of nitrogens with zero attached hydrogens (tertiary/aromatic N) is 1. The summed E-state index contributed by atoms with van der Waals surface area (Å²) in [5.74, 6) is -0.327. The van der Waals surface area contributed by atoms with Gasteiger partial charge in [0, 0.05) is 0 Å². The molecule has 0 aliphatic carbocycles. The van der Waals surface area contributed by atoms with E-state index in [-0.39, 0.29) is 5.91 Å². The summed E-state index contributed by atoms with van der Waals surface area (Å²) in [6.07, 6.45) is 0. The first-order valence-electron chi connectivity index (χ1n) is 5.69.